The van der Waals surface area contributed by atoms with Crippen LogP contribution in [0.5, 0.6) is 0 Å². The van der Waals surface area contributed by atoms with Gasteiger partial charge in [-0.05, 0) is 18.6 Å². The molecule has 2 heterocycles. The summed E-state index contributed by atoms with van der Waals surface area (Å²) in [5.41, 5.74) is 6.90. The highest BCUT2D eigenvalue weighted by molar-refractivity contribution is 7.80. The molecule has 2 amide bonds. The number of rotatable bonds is 2. The Labute approximate surface area is 128 Å². The zero-order valence-electron chi connectivity index (χ0n) is 11.6. The summed E-state index contributed by atoms with van der Waals surface area (Å²) in [7, 11) is 0. The quantitative estimate of drug-likeness (QED) is 0.820. The lowest BCUT2D eigenvalue weighted by molar-refractivity contribution is -0.130. The molecule has 0 radical (unpaired) electrons. The van der Waals surface area contributed by atoms with Gasteiger partial charge in [0.05, 0.1) is 0 Å². The van der Waals surface area contributed by atoms with Crippen molar-refractivity contribution in [3.05, 3.63) is 35.4 Å². The fraction of sp³-hybridized carbons (Fsp3) is 0.400. The number of carbonyl (C=O) groups excluding carboxylic acids is 2. The second-order valence-electron chi connectivity index (χ2n) is 5.48. The van der Waals surface area contributed by atoms with Gasteiger partial charge in [0.25, 0.3) is 5.91 Å². The van der Waals surface area contributed by atoms with Crippen molar-refractivity contribution in [2.24, 2.45) is 5.73 Å². The van der Waals surface area contributed by atoms with Crippen molar-refractivity contribution in [1.82, 2.24) is 9.80 Å². The maximum Gasteiger partial charge on any atom is 0.254 e. The largest absolute Gasteiger partial charge is 0.389 e. The molecule has 2 aliphatic rings. The van der Waals surface area contributed by atoms with E-state index in [1.807, 2.05) is 9.80 Å². The number of carbonyl (C=O) groups is 2. The van der Waals surface area contributed by atoms with Crippen molar-refractivity contribution in [2.45, 2.75) is 18.9 Å². The van der Waals surface area contributed by atoms with Gasteiger partial charge in [-0.15, -0.1) is 0 Å². The summed E-state index contributed by atoms with van der Waals surface area (Å²) in [5, 5.41) is 0. The van der Waals surface area contributed by atoms with Crippen LogP contribution in [0.3, 0.4) is 0 Å². The maximum absolute atomic E-state index is 12.6. The molecule has 2 saturated heterocycles. The van der Waals surface area contributed by atoms with E-state index in [0.29, 0.717) is 37.2 Å². The molecule has 1 aromatic carbocycles. The molecule has 1 atom stereocenters. The topological polar surface area (TPSA) is 66.6 Å². The summed E-state index contributed by atoms with van der Waals surface area (Å²) in [6.07, 6.45) is 1.44. The highest BCUT2D eigenvalue weighted by atomic mass is 32.1. The van der Waals surface area contributed by atoms with Gasteiger partial charge < -0.3 is 15.5 Å². The number of nitrogens with two attached hydrogens (primary N) is 1. The van der Waals surface area contributed by atoms with Crippen molar-refractivity contribution in [1.29, 1.82) is 0 Å². The summed E-state index contributed by atoms with van der Waals surface area (Å²) in [6, 6.07) is 7.27. The van der Waals surface area contributed by atoms with Gasteiger partial charge in [-0.1, -0.05) is 24.4 Å². The van der Waals surface area contributed by atoms with E-state index in [0.717, 1.165) is 6.42 Å². The molecule has 6 heteroatoms. The number of thiocarbonyl (C=S) groups is 1. The van der Waals surface area contributed by atoms with Crippen LogP contribution in [-0.4, -0.2) is 52.3 Å². The van der Waals surface area contributed by atoms with E-state index in [2.05, 4.69) is 0 Å². The molecule has 3 rings (SSSR count). The van der Waals surface area contributed by atoms with Gasteiger partial charge in [-0.2, -0.15) is 0 Å². The van der Waals surface area contributed by atoms with Gasteiger partial charge in [0.2, 0.25) is 5.91 Å². The molecule has 2 aliphatic heterocycles. The summed E-state index contributed by atoms with van der Waals surface area (Å²) in [6.45, 7) is 1.82. The van der Waals surface area contributed by atoms with E-state index in [-0.39, 0.29) is 22.8 Å². The summed E-state index contributed by atoms with van der Waals surface area (Å²) < 4.78 is 0. The molecular formula is C15H17N3O2S. The van der Waals surface area contributed by atoms with Crippen molar-refractivity contribution in [3.8, 4) is 0 Å². The average molecular weight is 303 g/mol. The van der Waals surface area contributed by atoms with E-state index in [1.165, 1.54) is 0 Å². The summed E-state index contributed by atoms with van der Waals surface area (Å²) >= 11 is 4.95. The zero-order valence-corrected chi connectivity index (χ0v) is 12.4. The molecule has 0 aliphatic carbocycles. The number of piperazine rings is 1. The van der Waals surface area contributed by atoms with Crippen molar-refractivity contribution in [2.75, 3.05) is 19.6 Å². The molecule has 21 heavy (non-hydrogen) atoms. The third-order valence-corrected chi connectivity index (χ3v) is 4.41. The Morgan fingerprint density at radius 3 is 2.81 bits per heavy atom. The zero-order chi connectivity index (χ0) is 15.0. The maximum atomic E-state index is 12.6. The third-order valence-electron chi connectivity index (χ3n) is 4.18. The molecule has 0 aromatic heterocycles. The highest BCUT2D eigenvalue weighted by Gasteiger charge is 2.36. The predicted molar refractivity (Wildman–Crippen MR) is 83.0 cm³/mol. The van der Waals surface area contributed by atoms with Gasteiger partial charge in [-0.25, -0.2) is 0 Å². The number of amides is 2. The van der Waals surface area contributed by atoms with Gasteiger partial charge >= 0.3 is 0 Å². The van der Waals surface area contributed by atoms with Gasteiger partial charge in [0, 0.05) is 43.2 Å². The van der Waals surface area contributed by atoms with Crippen LogP contribution in [0.1, 0.15) is 28.8 Å². The lowest BCUT2D eigenvalue weighted by Gasteiger charge is -2.37. The molecule has 110 valence electrons. The van der Waals surface area contributed by atoms with Crippen LogP contribution in [0, 0.1) is 0 Å². The number of hydrogen-bond donors (Lipinski definition) is 1. The molecule has 2 N–H and O–H groups in total. The van der Waals surface area contributed by atoms with Crippen LogP contribution < -0.4 is 5.73 Å². The summed E-state index contributed by atoms with van der Waals surface area (Å²) in [4.78, 5) is 28.3. The molecule has 1 unspecified atom stereocenters. The fourth-order valence-corrected chi connectivity index (χ4v) is 3.16. The first-order valence-electron chi connectivity index (χ1n) is 7.05. The lowest BCUT2D eigenvalue weighted by Crippen LogP contribution is -2.53. The van der Waals surface area contributed by atoms with Gasteiger partial charge in [-0.3, -0.25) is 9.59 Å². The Morgan fingerprint density at radius 1 is 1.29 bits per heavy atom. The van der Waals surface area contributed by atoms with Crippen LogP contribution >= 0.6 is 12.2 Å². The van der Waals surface area contributed by atoms with Crippen molar-refractivity contribution in [3.63, 3.8) is 0 Å². The molecule has 0 saturated carbocycles. The average Bonchev–Trinajstić information content (AvgIpc) is 2.87. The molecule has 1 aromatic rings. The first kappa shape index (κ1) is 14.0. The van der Waals surface area contributed by atoms with Crippen LogP contribution in [-0.2, 0) is 4.79 Å². The minimum Gasteiger partial charge on any atom is -0.389 e. The van der Waals surface area contributed by atoms with Crippen LogP contribution in [0.25, 0.3) is 0 Å². The Morgan fingerprint density at radius 2 is 2.05 bits per heavy atom. The Bertz CT molecular complexity index is 617. The SMILES string of the molecule is NC(=S)c1cccc(C(=O)N2CCN3C(=O)CCC3C2)c1. The first-order chi connectivity index (χ1) is 10.1. The number of fused-ring (bicyclic) bond motifs is 1. The standard InChI is InChI=1S/C15H17N3O2S/c16-14(21)10-2-1-3-11(8-10)15(20)17-6-7-18-12(9-17)4-5-13(18)19/h1-3,8,12H,4-7,9H2,(H2,16,21). The van der Waals surface area contributed by atoms with Gasteiger partial charge in [0.1, 0.15) is 4.99 Å². The molecular weight excluding hydrogens is 286 g/mol. The lowest BCUT2D eigenvalue weighted by atomic mass is 10.1. The minimum atomic E-state index is -0.0212. The highest BCUT2D eigenvalue weighted by Crippen LogP contribution is 2.23. The van der Waals surface area contributed by atoms with E-state index in [9.17, 15) is 9.59 Å². The first-order valence-corrected chi connectivity index (χ1v) is 7.45. The second kappa shape index (κ2) is 5.44. The van der Waals surface area contributed by atoms with E-state index >= 15 is 0 Å². The van der Waals surface area contributed by atoms with Crippen LogP contribution in [0.2, 0.25) is 0 Å². The smallest absolute Gasteiger partial charge is 0.254 e. The van der Waals surface area contributed by atoms with Crippen LogP contribution in [0.4, 0.5) is 0 Å². The number of nitrogens with zero attached hydrogens (tertiary/aromatic N) is 2. The normalized spacial score (nSPS) is 21.3. The molecule has 2 fully saturated rings. The third kappa shape index (κ3) is 2.63. The van der Waals surface area contributed by atoms with Crippen molar-refractivity contribution < 1.29 is 9.59 Å². The molecule has 5 nitrogen and oxygen atoms in total. The predicted octanol–water partition coefficient (Wildman–Crippen LogP) is 0.768. The second-order valence-corrected chi connectivity index (χ2v) is 5.92. The van der Waals surface area contributed by atoms with E-state index in [1.54, 1.807) is 24.3 Å². The number of benzene rings is 1. The monoisotopic (exact) mass is 303 g/mol. The molecule has 0 bridgehead atoms. The Hall–Kier alpha value is -1.95. The Balaban J connectivity index is 1.75. The fourth-order valence-electron chi connectivity index (χ4n) is 3.04. The summed E-state index contributed by atoms with van der Waals surface area (Å²) in [5.74, 6) is 0.190. The molecule has 0 spiro atoms. The van der Waals surface area contributed by atoms with Crippen molar-refractivity contribution >= 4 is 29.0 Å². The number of hydrogen-bond acceptors (Lipinski definition) is 3. The van der Waals surface area contributed by atoms with E-state index < -0.39 is 0 Å². The van der Waals surface area contributed by atoms with E-state index in [4.69, 9.17) is 18.0 Å². The van der Waals surface area contributed by atoms with Crippen LogP contribution in [0.15, 0.2) is 24.3 Å². The minimum absolute atomic E-state index is 0.0212. The Kier molecular flexibility index (Phi) is 3.63. The van der Waals surface area contributed by atoms with Gasteiger partial charge in [0.15, 0.2) is 0 Å².